The van der Waals surface area contributed by atoms with Gasteiger partial charge >= 0.3 is 0 Å². The summed E-state index contributed by atoms with van der Waals surface area (Å²) in [6.45, 7) is 17.9. The zero-order chi connectivity index (χ0) is 71.9. The number of aliphatic hydroxyl groups excluding tert-OH is 4. The second-order valence-electron chi connectivity index (χ2n) is 26.5. The molecule has 0 bridgehead atoms. The minimum Gasteiger partial charge on any atom is -0.391 e. The Morgan fingerprint density at radius 2 is 0.822 bits per heavy atom. The molecule has 5 aliphatic heterocycles. The molecule has 33 heteroatoms. The van der Waals surface area contributed by atoms with E-state index in [1.807, 2.05) is 75.2 Å². The molecule has 0 aliphatic carbocycles. The molecular weight excluding hydrogens is 1420 g/mol. The number of nitrogens with zero attached hydrogens (tertiary/aromatic N) is 9. The summed E-state index contributed by atoms with van der Waals surface area (Å²) in [7, 11) is 4.39. The smallest absolute Gasteiger partial charge is 0.165 e. The van der Waals surface area contributed by atoms with E-state index in [1.54, 1.807) is 110 Å². The summed E-state index contributed by atoms with van der Waals surface area (Å²) in [6.07, 6.45) is -0.415. The van der Waals surface area contributed by atoms with Gasteiger partial charge in [0.15, 0.2) is 41.9 Å². The molecule has 14 rings (SSSR count). The van der Waals surface area contributed by atoms with Gasteiger partial charge in [-0.15, -0.1) is 12.4 Å². The first-order valence-corrected chi connectivity index (χ1v) is 32.8. The molecule has 15 atom stereocenters. The van der Waals surface area contributed by atoms with Crippen LogP contribution in [0.5, 0.6) is 0 Å². The van der Waals surface area contributed by atoms with Crippen molar-refractivity contribution in [3.8, 4) is 0 Å². The fraction of sp³-hybridized carbons (Fsp3) is 0.471. The van der Waals surface area contributed by atoms with Gasteiger partial charge in [0.1, 0.15) is 113 Å². The molecule has 5 saturated heterocycles. The number of rotatable bonds is 13. The van der Waals surface area contributed by atoms with Gasteiger partial charge in [-0.25, -0.2) is 46.8 Å². The van der Waals surface area contributed by atoms with Crippen LogP contribution in [0, 0.1) is 0 Å². The monoisotopic (exact) mass is 1500 g/mol. The summed E-state index contributed by atoms with van der Waals surface area (Å²) in [5.41, 5.74) is 5.00. The minimum atomic E-state index is -1.72. The number of ether oxygens (including phenoxy) is 7. The van der Waals surface area contributed by atoms with Crippen LogP contribution in [0.3, 0.4) is 0 Å². The molecule has 3 aromatic carbocycles. The van der Waals surface area contributed by atoms with Gasteiger partial charge in [0.2, 0.25) is 0 Å². The van der Waals surface area contributed by atoms with Crippen LogP contribution < -0.4 is 16.9 Å². The molecule has 9 aromatic rings. The number of benzene rings is 3. The third-order valence-corrected chi connectivity index (χ3v) is 18.1. The second-order valence-corrected chi connectivity index (χ2v) is 28.1. The molecule has 0 radical (unpaired) electrons. The van der Waals surface area contributed by atoms with E-state index in [0.29, 0.717) is 76.3 Å². The number of hydrogen-bond acceptors (Lipinski definition) is 25. The van der Waals surface area contributed by atoms with Crippen molar-refractivity contribution in [1.82, 2.24) is 43.6 Å². The number of nitrogens with one attached hydrogen (secondary N) is 2. The summed E-state index contributed by atoms with van der Waals surface area (Å²) < 4.78 is 49.3. The molecule has 10 N–H and O–H groups in total. The third kappa shape index (κ3) is 16.9. The predicted molar refractivity (Wildman–Crippen MR) is 380 cm³/mol. The first-order chi connectivity index (χ1) is 46.7. The Balaban J connectivity index is 0.000000181. The Kier molecular flexibility index (Phi) is 25.6. The topological polar surface area (TPSA) is 356 Å². The Bertz CT molecular complexity index is 4210. The number of hydrogen-bond donors (Lipinski definition) is 9. The molecular formula is C68H87Cl5N12O16. The summed E-state index contributed by atoms with van der Waals surface area (Å²) in [6, 6.07) is 26.1. The zero-order valence-electron chi connectivity index (χ0n) is 56.8. The summed E-state index contributed by atoms with van der Waals surface area (Å²) in [5, 5.41) is 67.8. The molecule has 28 nitrogen and oxygen atoms in total. The van der Waals surface area contributed by atoms with E-state index >= 15 is 0 Å². The van der Waals surface area contributed by atoms with Gasteiger partial charge in [-0.3, -0.25) is 9.68 Å². The van der Waals surface area contributed by atoms with Crippen molar-refractivity contribution in [2.45, 2.75) is 184 Å². The predicted octanol–water partition coefficient (Wildman–Crippen LogP) is 11.0. The van der Waals surface area contributed by atoms with E-state index in [4.69, 9.17) is 94.3 Å². The maximum absolute atomic E-state index is 11.3. The van der Waals surface area contributed by atoms with E-state index in [0.717, 1.165) is 5.39 Å². The highest BCUT2D eigenvalue weighted by Crippen LogP contribution is 2.56. The van der Waals surface area contributed by atoms with Crippen molar-refractivity contribution in [2.75, 3.05) is 32.3 Å². The maximum Gasteiger partial charge on any atom is 0.165 e. The van der Waals surface area contributed by atoms with Crippen LogP contribution in [-0.4, -0.2) is 166 Å². The molecule has 0 amide bonds. The Hall–Kier alpha value is -6.11. The van der Waals surface area contributed by atoms with E-state index in [9.17, 15) is 25.5 Å². The molecule has 0 saturated carbocycles. The number of anilines is 2. The van der Waals surface area contributed by atoms with Crippen molar-refractivity contribution in [2.24, 2.45) is 5.90 Å². The maximum atomic E-state index is 11.3. The zero-order valence-corrected chi connectivity index (χ0v) is 60.7. The van der Waals surface area contributed by atoms with Crippen LogP contribution in [-0.2, 0) is 47.7 Å². The Morgan fingerprint density at radius 1 is 0.515 bits per heavy atom. The molecule has 101 heavy (non-hydrogen) atoms. The Morgan fingerprint density at radius 3 is 1.18 bits per heavy atom. The molecule has 11 heterocycles. The highest BCUT2D eigenvalue weighted by Gasteiger charge is 2.67. The number of nitrogens with two attached hydrogens (primary N) is 1. The van der Waals surface area contributed by atoms with Gasteiger partial charge in [0.25, 0.3) is 0 Å². The lowest BCUT2D eigenvalue weighted by atomic mass is 9.88. The second kappa shape index (κ2) is 32.1. The van der Waals surface area contributed by atoms with Gasteiger partial charge < -0.3 is 82.3 Å². The van der Waals surface area contributed by atoms with Crippen LogP contribution >= 0.6 is 58.8 Å². The lowest BCUT2D eigenvalue weighted by molar-refractivity contribution is -0.223. The lowest BCUT2D eigenvalue weighted by Gasteiger charge is -2.32. The number of aromatic nitrogens is 9. The molecule has 0 unspecified atom stereocenters. The summed E-state index contributed by atoms with van der Waals surface area (Å²) >= 11 is 24.2. The number of aliphatic hydroxyl groups is 6. The van der Waals surface area contributed by atoms with Crippen molar-refractivity contribution in [3.05, 3.63) is 165 Å². The third-order valence-electron chi connectivity index (χ3n) is 17.0. The molecule has 5 fully saturated rings. The van der Waals surface area contributed by atoms with Gasteiger partial charge in [-0.05, 0) is 141 Å². The van der Waals surface area contributed by atoms with Crippen LogP contribution in [0.1, 0.15) is 130 Å². The molecule has 0 spiro atoms. The van der Waals surface area contributed by atoms with Crippen LogP contribution in [0.15, 0.2) is 129 Å². The van der Waals surface area contributed by atoms with E-state index in [-0.39, 0.29) is 19.8 Å². The van der Waals surface area contributed by atoms with E-state index < -0.39 is 108 Å². The standard InChI is InChI=1S/C22H25ClN4O5.C21H21Cl2N3O4.C19H21ClN4O5.C4H10O.CH5NO.CH4.ClH/c1-21(2)31-17-20(27-10-9-14-18(26-29-4)24-11-25-19(14)27)30-16(22(17,3)32-21)15(28)12-5-7-13(23)8-6-12;1-20(2)29-16-19(26-9-8-13-17(23)24-10-25-18(13)26)28-15(21(16,3)30-20)14(27)11-4-6-12(22)7-5-11;1-19(27)14(26)18(29-15(19)13(25)10-3-5-11(20)6-4-10)24-8-7-12-16(23-28-2)21-9-22-17(12)24;1-4(2,3)5;1-3-2;;/h5-11,15-17,20,28H,1-4H3,(H,24,25,26);4-10,14-16,19,27H,1-3H3;3-9,13-15,18,25-27H,1-2H3,(H,21,22,23);5H,1-3H3;2H2,1H3;1H4;1H/t15-,16-,17+,20-,22-;14-,15-,16+,19-,21-;13-,14+,15-,18-,19+;;;;/m111..../s1. The van der Waals surface area contributed by atoms with Crippen LogP contribution in [0.4, 0.5) is 11.6 Å². The fourth-order valence-electron chi connectivity index (χ4n) is 12.9. The number of halogens is 5. The van der Waals surface area contributed by atoms with Gasteiger partial charge in [-0.1, -0.05) is 90.2 Å². The quantitative estimate of drug-likeness (QED) is 0.0382. The van der Waals surface area contributed by atoms with Crippen molar-refractivity contribution in [1.29, 1.82) is 0 Å². The molecule has 5 aliphatic rings. The van der Waals surface area contributed by atoms with E-state index in [2.05, 4.69) is 51.6 Å². The summed E-state index contributed by atoms with van der Waals surface area (Å²) in [5.74, 6) is 3.65. The first-order valence-electron chi connectivity index (χ1n) is 31.3. The van der Waals surface area contributed by atoms with Gasteiger partial charge in [0, 0.05) is 33.7 Å². The molecule has 550 valence electrons. The average Bonchev–Trinajstić information content (AvgIpc) is 1.56. The average molecular weight is 1510 g/mol. The van der Waals surface area contributed by atoms with Crippen molar-refractivity contribution < 1.29 is 78.3 Å². The summed E-state index contributed by atoms with van der Waals surface area (Å²) in [4.78, 5) is 39.1. The van der Waals surface area contributed by atoms with Crippen molar-refractivity contribution in [3.63, 3.8) is 0 Å². The minimum absolute atomic E-state index is 0. The fourth-order valence-corrected chi connectivity index (χ4v) is 13.5. The highest BCUT2D eigenvalue weighted by atomic mass is 35.5. The van der Waals surface area contributed by atoms with Gasteiger partial charge in [-0.2, -0.15) is 0 Å². The highest BCUT2D eigenvalue weighted by molar-refractivity contribution is 6.34. The largest absolute Gasteiger partial charge is 0.391 e. The van der Waals surface area contributed by atoms with Crippen molar-refractivity contribution >= 4 is 104 Å². The normalized spacial score (nSPS) is 27.5. The van der Waals surface area contributed by atoms with Crippen LogP contribution in [0.2, 0.25) is 20.2 Å². The Labute approximate surface area is 610 Å². The van der Waals surface area contributed by atoms with Gasteiger partial charge in [0.05, 0.1) is 43.1 Å². The lowest BCUT2D eigenvalue weighted by Crippen LogP contribution is -2.47. The van der Waals surface area contributed by atoms with E-state index in [1.165, 1.54) is 47.2 Å². The first kappa shape index (κ1) is 80.6. The number of fused-ring (bicyclic) bond motifs is 5. The SMILES string of the molecule is C.CC(C)(C)O.CC1(C)O[C@H]2[C@H](n3ccc4c(Cl)ncnc43)O[C@H]([C@H](O)c3ccc(Cl)cc3)[C@@]2(C)O1.CON.CONc1ncnc2c1ccn2[C@@H]1O[C@H]([C@H](O)c2ccc(Cl)cc2)[C@@](C)(O)[C@H]1O.CONc1ncnc2c1ccn2[C@@H]1O[C@H]([C@H](O)c2ccc(Cl)cc2)[C@@]2(C)OC(C)(C)O[C@@H]12.Cl. The molecule has 6 aromatic heterocycles. The van der Waals surface area contributed by atoms with Crippen LogP contribution in [0.25, 0.3) is 33.1 Å².